The smallest absolute Gasteiger partial charge is 0.293 e. The first-order chi connectivity index (χ1) is 22.8. The maximum Gasteiger partial charge on any atom is 0.293 e. The number of hydrogen-bond acceptors (Lipinski definition) is 10. The highest BCUT2D eigenvalue weighted by atomic mass is 16.6. The average molecular weight is 670 g/mol. The van der Waals surface area contributed by atoms with E-state index in [-0.39, 0.29) is 55.5 Å². The zero-order valence-electron chi connectivity index (χ0n) is 28.2. The second-order valence-corrected chi connectivity index (χ2v) is 13.1. The summed E-state index contributed by atoms with van der Waals surface area (Å²) in [6.45, 7) is 9.57. The Morgan fingerprint density at radius 2 is 1.58 bits per heavy atom. The van der Waals surface area contributed by atoms with Crippen molar-refractivity contribution in [2.45, 2.75) is 97.1 Å². The molecular weight excluding hydrogens is 622 g/mol. The summed E-state index contributed by atoms with van der Waals surface area (Å²) in [6, 6.07) is 7.78. The van der Waals surface area contributed by atoms with Gasteiger partial charge in [0.15, 0.2) is 18.2 Å². The van der Waals surface area contributed by atoms with E-state index in [0.29, 0.717) is 25.4 Å². The third-order valence-electron chi connectivity index (χ3n) is 7.73. The number of nitrogens with zero attached hydrogens (tertiary/aromatic N) is 1. The molecule has 1 fully saturated rings. The van der Waals surface area contributed by atoms with Crippen LogP contribution in [-0.2, 0) is 57.7 Å². The van der Waals surface area contributed by atoms with Crippen LogP contribution in [0, 0.1) is 11.8 Å². The number of rotatable bonds is 21. The minimum Gasteiger partial charge on any atom is -0.460 e. The van der Waals surface area contributed by atoms with E-state index in [1.807, 2.05) is 58.0 Å². The molecule has 48 heavy (non-hydrogen) atoms. The van der Waals surface area contributed by atoms with Gasteiger partial charge in [-0.05, 0) is 43.6 Å². The van der Waals surface area contributed by atoms with Gasteiger partial charge in [-0.2, -0.15) is 0 Å². The van der Waals surface area contributed by atoms with Crippen LogP contribution in [0.3, 0.4) is 0 Å². The lowest BCUT2D eigenvalue weighted by Crippen LogP contribution is -2.58. The van der Waals surface area contributed by atoms with Crippen LogP contribution < -0.4 is 21.3 Å². The Labute approximate surface area is 280 Å². The van der Waals surface area contributed by atoms with Crippen LogP contribution in [0.15, 0.2) is 40.9 Å². The molecule has 3 rings (SSSR count). The molecule has 0 radical (unpaired) electrons. The van der Waals surface area contributed by atoms with Crippen LogP contribution in [0.1, 0.15) is 70.9 Å². The molecule has 262 valence electrons. The largest absolute Gasteiger partial charge is 0.460 e. The maximum atomic E-state index is 13.7. The second-order valence-electron chi connectivity index (χ2n) is 13.1. The fourth-order valence-corrected chi connectivity index (χ4v) is 4.97. The van der Waals surface area contributed by atoms with Gasteiger partial charge in [0.05, 0.1) is 31.3 Å². The van der Waals surface area contributed by atoms with Gasteiger partial charge in [0.2, 0.25) is 23.6 Å². The van der Waals surface area contributed by atoms with Crippen molar-refractivity contribution in [2.24, 2.45) is 11.8 Å². The minimum atomic E-state index is -1.04. The number of aromatic nitrogens is 1. The highest BCUT2D eigenvalue weighted by Crippen LogP contribution is 2.29. The van der Waals surface area contributed by atoms with E-state index in [0.717, 1.165) is 5.56 Å². The molecule has 1 aliphatic heterocycles. The van der Waals surface area contributed by atoms with Crippen molar-refractivity contribution >= 4 is 35.9 Å². The third-order valence-corrected chi connectivity index (χ3v) is 7.73. The topological polar surface area (TPSA) is 198 Å². The lowest BCUT2D eigenvalue weighted by atomic mass is 9.93. The van der Waals surface area contributed by atoms with Gasteiger partial charge >= 0.3 is 0 Å². The first-order valence-corrected chi connectivity index (χ1v) is 16.2. The van der Waals surface area contributed by atoms with Crippen LogP contribution in [0.4, 0.5) is 0 Å². The summed E-state index contributed by atoms with van der Waals surface area (Å²) in [5.74, 6) is -1.86. The van der Waals surface area contributed by atoms with Crippen molar-refractivity contribution in [1.29, 1.82) is 0 Å². The molecule has 2 heterocycles. The van der Waals surface area contributed by atoms with Crippen molar-refractivity contribution in [3.8, 4) is 0 Å². The lowest BCUT2D eigenvalue weighted by Gasteiger charge is -2.27. The van der Waals surface area contributed by atoms with Crippen molar-refractivity contribution in [3.63, 3.8) is 0 Å². The molecule has 4 atom stereocenters. The van der Waals surface area contributed by atoms with E-state index in [1.54, 1.807) is 6.92 Å². The molecule has 1 aliphatic rings. The van der Waals surface area contributed by atoms with E-state index in [1.165, 1.54) is 6.07 Å². The summed E-state index contributed by atoms with van der Waals surface area (Å²) in [5, 5.41) is 14.6. The molecule has 0 aliphatic carbocycles. The normalized spacial score (nSPS) is 17.1. The molecule has 1 aromatic carbocycles. The Balaban J connectivity index is 1.67. The van der Waals surface area contributed by atoms with Crippen LogP contribution in [0.2, 0.25) is 0 Å². The third kappa shape index (κ3) is 12.5. The predicted octanol–water partition coefficient (Wildman–Crippen LogP) is 1.54. The van der Waals surface area contributed by atoms with Crippen LogP contribution in [0.5, 0.6) is 0 Å². The van der Waals surface area contributed by atoms with Gasteiger partial charge in [-0.3, -0.25) is 28.8 Å². The van der Waals surface area contributed by atoms with Gasteiger partial charge in [0.1, 0.15) is 17.7 Å². The molecule has 4 unspecified atom stereocenters. The van der Waals surface area contributed by atoms with Crippen molar-refractivity contribution < 1.29 is 42.8 Å². The number of carbonyl (C=O) groups excluding carboxylic acids is 6. The first kappa shape index (κ1) is 37.9. The second kappa shape index (κ2) is 18.1. The molecule has 14 nitrogen and oxygen atoms in total. The van der Waals surface area contributed by atoms with Gasteiger partial charge in [0.25, 0.3) is 6.47 Å². The van der Waals surface area contributed by atoms with Crippen LogP contribution in [0.25, 0.3) is 0 Å². The summed E-state index contributed by atoms with van der Waals surface area (Å²) in [7, 11) is 0. The van der Waals surface area contributed by atoms with Crippen molar-refractivity contribution in [2.75, 3.05) is 13.2 Å². The average Bonchev–Trinajstić information content (AvgIpc) is 3.64. The molecule has 0 spiro atoms. The Bertz CT molecular complexity index is 1400. The van der Waals surface area contributed by atoms with Gasteiger partial charge < -0.3 is 35.3 Å². The van der Waals surface area contributed by atoms with E-state index in [4.69, 9.17) is 9.26 Å². The summed E-state index contributed by atoms with van der Waals surface area (Å²) in [5.41, 5.74) is 0.145. The van der Waals surface area contributed by atoms with E-state index < -0.39 is 53.9 Å². The predicted molar refractivity (Wildman–Crippen MR) is 173 cm³/mol. The number of hydrogen-bond donors (Lipinski definition) is 4. The number of Topliss-reactive ketones (excluding diaryl/α,β-unsaturated/α-hetero) is 1. The Morgan fingerprint density at radius 1 is 0.917 bits per heavy atom. The molecule has 14 heteroatoms. The Morgan fingerprint density at radius 3 is 2.21 bits per heavy atom. The van der Waals surface area contributed by atoms with Gasteiger partial charge in [0, 0.05) is 12.5 Å². The fourth-order valence-electron chi connectivity index (χ4n) is 4.97. The number of carbonyl (C=O) groups is 6. The number of nitrogens with one attached hydrogen (secondary N) is 4. The van der Waals surface area contributed by atoms with E-state index in [2.05, 4.69) is 31.2 Å². The zero-order valence-corrected chi connectivity index (χ0v) is 28.2. The van der Waals surface area contributed by atoms with Crippen LogP contribution in [-0.4, -0.2) is 77.9 Å². The molecule has 1 aromatic heterocycles. The summed E-state index contributed by atoms with van der Waals surface area (Å²) >= 11 is 0. The lowest BCUT2D eigenvalue weighted by molar-refractivity contribution is -0.134. The van der Waals surface area contributed by atoms with Crippen molar-refractivity contribution in [3.05, 3.63) is 53.4 Å². The fraction of sp³-hybridized carbons (Fsp3) is 0.559. The van der Waals surface area contributed by atoms with Crippen molar-refractivity contribution in [1.82, 2.24) is 26.4 Å². The molecule has 4 N–H and O–H groups in total. The zero-order chi connectivity index (χ0) is 35.3. The summed E-state index contributed by atoms with van der Waals surface area (Å²) < 4.78 is 14.9. The monoisotopic (exact) mass is 669 g/mol. The van der Waals surface area contributed by atoms with Gasteiger partial charge in [-0.25, -0.2) is 0 Å². The first-order valence-electron chi connectivity index (χ1n) is 16.2. The maximum absolute atomic E-state index is 13.7. The Hall–Kier alpha value is -4.59. The number of amides is 4. The molecule has 1 saturated heterocycles. The Kier molecular flexibility index (Phi) is 14.3. The molecule has 0 saturated carbocycles. The van der Waals surface area contributed by atoms with Gasteiger partial charge in [-0.15, -0.1) is 0 Å². The number of ketones is 1. The van der Waals surface area contributed by atoms with E-state index in [9.17, 15) is 28.8 Å². The quantitative estimate of drug-likeness (QED) is 0.112. The SMILES string of the molecule is CC(C)CCC(NC(=O)C(Cc1ccccc1)NC(=O)C(CC(C)C)NC(=O)CNC(=O)Cc1cc(COC=O)on1)C(=O)C1(C)CO1. The standard InChI is InChI=1S/C34H47N5O9/c1-21(2)11-12-26(31(43)34(5)19-47-34)37-33(45)28(14-23-9-7-6-8-10-23)38-32(44)27(13-22(3)4)36-30(42)17-35-29(41)16-24-15-25(48-39-24)18-46-20-40/h6-10,15,20-22,26-28H,11-14,16-19H2,1-5H3,(H,35,41)(H,36,42)(H,37,45)(H,38,44). The number of ether oxygens (including phenoxy) is 2. The van der Waals surface area contributed by atoms with Gasteiger partial charge in [-0.1, -0.05) is 63.2 Å². The van der Waals surface area contributed by atoms with Crippen LogP contribution >= 0.6 is 0 Å². The molecule has 2 aromatic rings. The number of benzene rings is 1. The highest BCUT2D eigenvalue weighted by molar-refractivity contribution is 5.98. The molecule has 0 bridgehead atoms. The molecule has 4 amide bonds. The number of epoxide rings is 1. The highest BCUT2D eigenvalue weighted by Gasteiger charge is 2.50. The summed E-state index contributed by atoms with van der Waals surface area (Å²) in [4.78, 5) is 76.2. The minimum absolute atomic E-state index is 0.00100. The molecular formula is C34H47N5O9. The summed E-state index contributed by atoms with van der Waals surface area (Å²) in [6.07, 6.45) is 1.37. The van der Waals surface area contributed by atoms with E-state index >= 15 is 0 Å².